The number of furan rings is 1. The Balaban J connectivity index is 2.02. The average Bonchev–Trinajstić information content (AvgIpc) is 2.76. The quantitative estimate of drug-likeness (QED) is 0.650. The molecule has 1 aromatic heterocycles. The molecule has 0 atom stereocenters. The first-order chi connectivity index (χ1) is 7.75. The van der Waals surface area contributed by atoms with Crippen molar-refractivity contribution in [3.05, 3.63) is 52.9 Å². The zero-order chi connectivity index (χ0) is 11.4. The normalized spacial score (nSPS) is 10.9. The van der Waals surface area contributed by atoms with Crippen LogP contribution in [0.3, 0.4) is 0 Å². The number of nitrogens with one attached hydrogen (secondary N) is 1. The van der Waals surface area contributed by atoms with Crippen molar-refractivity contribution in [3.63, 3.8) is 0 Å². The molecule has 1 heterocycles. The van der Waals surface area contributed by atoms with Crippen molar-refractivity contribution in [2.45, 2.75) is 6.92 Å². The van der Waals surface area contributed by atoms with Crippen molar-refractivity contribution >= 4 is 23.5 Å². The third kappa shape index (κ3) is 2.64. The van der Waals surface area contributed by atoms with Gasteiger partial charge in [0, 0.05) is 5.02 Å². The summed E-state index contributed by atoms with van der Waals surface area (Å²) in [7, 11) is 0. The van der Waals surface area contributed by atoms with Gasteiger partial charge >= 0.3 is 0 Å². The first-order valence-electron chi connectivity index (χ1n) is 4.84. The first kappa shape index (κ1) is 10.8. The molecule has 0 radical (unpaired) electrons. The third-order valence-electron chi connectivity index (χ3n) is 2.10. The molecule has 0 saturated heterocycles. The van der Waals surface area contributed by atoms with Crippen LogP contribution in [0.2, 0.25) is 5.02 Å². The fourth-order valence-electron chi connectivity index (χ4n) is 1.20. The molecule has 0 aliphatic rings. The Hall–Kier alpha value is -1.74. The molecule has 0 saturated carbocycles. The van der Waals surface area contributed by atoms with E-state index in [4.69, 9.17) is 16.0 Å². The van der Waals surface area contributed by atoms with Crippen LogP contribution in [0.5, 0.6) is 0 Å². The lowest BCUT2D eigenvalue weighted by Gasteiger charge is -2.02. The van der Waals surface area contributed by atoms with E-state index in [-0.39, 0.29) is 0 Å². The smallest absolute Gasteiger partial charge is 0.146 e. The van der Waals surface area contributed by atoms with E-state index in [1.165, 1.54) is 0 Å². The number of anilines is 1. The van der Waals surface area contributed by atoms with Gasteiger partial charge in [-0.25, -0.2) is 0 Å². The van der Waals surface area contributed by atoms with Gasteiger partial charge in [-0.1, -0.05) is 17.7 Å². The topological polar surface area (TPSA) is 37.5 Å². The number of halogens is 1. The van der Waals surface area contributed by atoms with Gasteiger partial charge in [-0.05, 0) is 36.8 Å². The summed E-state index contributed by atoms with van der Waals surface area (Å²) in [5, 5.41) is 4.75. The first-order valence-corrected chi connectivity index (χ1v) is 5.22. The zero-order valence-corrected chi connectivity index (χ0v) is 9.53. The maximum Gasteiger partial charge on any atom is 0.146 e. The summed E-state index contributed by atoms with van der Waals surface area (Å²) in [6.45, 7) is 1.96. The molecule has 1 aromatic carbocycles. The Morgan fingerprint density at radius 1 is 1.38 bits per heavy atom. The molecule has 82 valence electrons. The van der Waals surface area contributed by atoms with Crippen LogP contribution in [0, 0.1) is 6.92 Å². The Labute approximate surface area is 98.7 Å². The molecule has 0 spiro atoms. The summed E-state index contributed by atoms with van der Waals surface area (Å²) >= 11 is 5.98. The van der Waals surface area contributed by atoms with Gasteiger partial charge in [-0.2, -0.15) is 5.10 Å². The summed E-state index contributed by atoms with van der Waals surface area (Å²) in [4.78, 5) is 0. The van der Waals surface area contributed by atoms with Crippen molar-refractivity contribution < 1.29 is 4.42 Å². The highest BCUT2D eigenvalue weighted by atomic mass is 35.5. The Morgan fingerprint density at radius 3 is 2.94 bits per heavy atom. The monoisotopic (exact) mass is 234 g/mol. The lowest BCUT2D eigenvalue weighted by Crippen LogP contribution is -1.90. The highest BCUT2D eigenvalue weighted by Gasteiger charge is 1.96. The second kappa shape index (κ2) is 4.86. The highest BCUT2D eigenvalue weighted by molar-refractivity contribution is 6.31. The van der Waals surface area contributed by atoms with Crippen LogP contribution in [-0.2, 0) is 0 Å². The van der Waals surface area contributed by atoms with Crippen molar-refractivity contribution in [2.75, 3.05) is 5.43 Å². The summed E-state index contributed by atoms with van der Waals surface area (Å²) in [5.74, 6) is 0.700. The fourth-order valence-corrected chi connectivity index (χ4v) is 1.38. The van der Waals surface area contributed by atoms with Crippen LogP contribution < -0.4 is 5.43 Å². The predicted octanol–water partition coefficient (Wildman–Crippen LogP) is 3.69. The lowest BCUT2D eigenvalue weighted by atomic mass is 10.2. The number of hydrogen-bond acceptors (Lipinski definition) is 3. The van der Waals surface area contributed by atoms with E-state index in [9.17, 15) is 0 Å². The van der Waals surface area contributed by atoms with E-state index in [1.807, 2.05) is 37.3 Å². The Bertz CT molecular complexity index is 492. The maximum absolute atomic E-state index is 5.98. The minimum absolute atomic E-state index is 0.700. The van der Waals surface area contributed by atoms with Gasteiger partial charge in [0.15, 0.2) is 0 Å². The van der Waals surface area contributed by atoms with Gasteiger partial charge < -0.3 is 4.42 Å². The van der Waals surface area contributed by atoms with E-state index >= 15 is 0 Å². The third-order valence-corrected chi connectivity index (χ3v) is 2.51. The van der Waals surface area contributed by atoms with Crippen LogP contribution in [0.15, 0.2) is 46.1 Å². The van der Waals surface area contributed by atoms with E-state index < -0.39 is 0 Å². The molecule has 2 aromatic rings. The summed E-state index contributed by atoms with van der Waals surface area (Å²) in [6.07, 6.45) is 3.21. The Morgan fingerprint density at radius 2 is 2.25 bits per heavy atom. The van der Waals surface area contributed by atoms with E-state index in [2.05, 4.69) is 10.5 Å². The molecule has 0 fully saturated rings. The molecule has 0 unspecified atom stereocenters. The largest absolute Gasteiger partial charge is 0.463 e. The van der Waals surface area contributed by atoms with Gasteiger partial charge in [-0.3, -0.25) is 5.43 Å². The van der Waals surface area contributed by atoms with Gasteiger partial charge in [0.2, 0.25) is 0 Å². The van der Waals surface area contributed by atoms with Crippen LogP contribution >= 0.6 is 11.6 Å². The van der Waals surface area contributed by atoms with Crippen LogP contribution in [0.1, 0.15) is 11.3 Å². The van der Waals surface area contributed by atoms with Gasteiger partial charge in [-0.15, -0.1) is 0 Å². The van der Waals surface area contributed by atoms with Crippen LogP contribution in [-0.4, -0.2) is 6.21 Å². The van der Waals surface area contributed by atoms with Crippen molar-refractivity contribution in [1.82, 2.24) is 0 Å². The summed E-state index contributed by atoms with van der Waals surface area (Å²) in [6, 6.07) is 9.32. The minimum atomic E-state index is 0.700. The molecule has 0 aliphatic carbocycles. The number of hydrazone groups is 1. The number of hydrogen-bond donors (Lipinski definition) is 1. The summed E-state index contributed by atoms with van der Waals surface area (Å²) in [5.41, 5.74) is 4.77. The molecule has 4 heteroatoms. The lowest BCUT2D eigenvalue weighted by molar-refractivity contribution is 0.560. The molecule has 2 rings (SSSR count). The van der Waals surface area contributed by atoms with Crippen molar-refractivity contribution in [2.24, 2.45) is 5.10 Å². The SMILES string of the molecule is Cc1ccc(N/N=C\c2ccco2)cc1Cl. The molecule has 3 nitrogen and oxygen atoms in total. The molecule has 1 N–H and O–H groups in total. The van der Waals surface area contributed by atoms with Crippen molar-refractivity contribution in [1.29, 1.82) is 0 Å². The second-order valence-corrected chi connectivity index (χ2v) is 3.76. The van der Waals surface area contributed by atoms with E-state index in [1.54, 1.807) is 12.5 Å². The van der Waals surface area contributed by atoms with Gasteiger partial charge in [0.1, 0.15) is 5.76 Å². The minimum Gasteiger partial charge on any atom is -0.463 e. The summed E-state index contributed by atoms with van der Waals surface area (Å²) < 4.78 is 5.10. The maximum atomic E-state index is 5.98. The zero-order valence-electron chi connectivity index (χ0n) is 8.77. The fraction of sp³-hybridized carbons (Fsp3) is 0.0833. The van der Waals surface area contributed by atoms with Gasteiger partial charge in [0.05, 0.1) is 18.2 Å². The number of benzene rings is 1. The van der Waals surface area contributed by atoms with E-state index in [0.717, 1.165) is 16.3 Å². The number of rotatable bonds is 3. The molecular formula is C12H11ClN2O. The Kier molecular flexibility index (Phi) is 3.27. The van der Waals surface area contributed by atoms with Crippen LogP contribution in [0.25, 0.3) is 0 Å². The van der Waals surface area contributed by atoms with Crippen LogP contribution in [0.4, 0.5) is 5.69 Å². The van der Waals surface area contributed by atoms with E-state index in [0.29, 0.717) is 5.76 Å². The number of nitrogens with zero attached hydrogens (tertiary/aromatic N) is 1. The predicted molar refractivity (Wildman–Crippen MR) is 66.1 cm³/mol. The highest BCUT2D eigenvalue weighted by Crippen LogP contribution is 2.19. The average molecular weight is 235 g/mol. The molecule has 0 amide bonds. The molecule has 16 heavy (non-hydrogen) atoms. The second-order valence-electron chi connectivity index (χ2n) is 3.35. The number of aryl methyl sites for hydroxylation is 1. The van der Waals surface area contributed by atoms with Crippen molar-refractivity contribution in [3.8, 4) is 0 Å². The molecule has 0 bridgehead atoms. The standard InChI is InChI=1S/C12H11ClN2O/c1-9-4-5-10(7-12(9)13)15-14-8-11-3-2-6-16-11/h2-8,15H,1H3/b14-8-. The molecule has 0 aliphatic heterocycles. The molecular weight excluding hydrogens is 224 g/mol. The van der Waals surface area contributed by atoms with Gasteiger partial charge in [0.25, 0.3) is 0 Å².